The fraction of sp³-hybridized carbons (Fsp3) is 0.333. The molecule has 0 saturated heterocycles. The summed E-state index contributed by atoms with van der Waals surface area (Å²) in [6.07, 6.45) is 2.31. The molecule has 0 atom stereocenters. The monoisotopic (exact) mass is 243 g/mol. The quantitative estimate of drug-likeness (QED) is 0.591. The molecule has 3 nitrogen and oxygen atoms in total. The molecule has 0 aromatic heterocycles. The van der Waals surface area contributed by atoms with Crippen LogP contribution in [-0.2, 0) is 6.54 Å². The lowest BCUT2D eigenvalue weighted by Crippen LogP contribution is -2.06. The molecule has 94 valence electrons. The van der Waals surface area contributed by atoms with Crippen LogP contribution in [0.3, 0.4) is 0 Å². The molecular weight excluding hydrogens is 228 g/mol. The third-order valence-electron chi connectivity index (χ3n) is 2.04. The van der Waals surface area contributed by atoms with Crippen molar-refractivity contribution < 1.29 is 18.3 Å². The second-order valence-corrected chi connectivity index (χ2v) is 3.29. The maximum Gasteiger partial charge on any atom is 0.387 e. The maximum atomic E-state index is 12.2. The van der Waals surface area contributed by atoms with Crippen LogP contribution in [0.4, 0.5) is 8.78 Å². The summed E-state index contributed by atoms with van der Waals surface area (Å²) in [7, 11) is 0. The minimum absolute atomic E-state index is 0.0151. The van der Waals surface area contributed by atoms with Crippen LogP contribution < -0.4 is 15.2 Å². The summed E-state index contributed by atoms with van der Waals surface area (Å²) >= 11 is 0. The van der Waals surface area contributed by atoms with Crippen LogP contribution in [-0.4, -0.2) is 13.2 Å². The molecule has 0 unspecified atom stereocenters. The predicted octanol–water partition coefficient (Wildman–Crippen LogP) is 2.70. The Morgan fingerprint density at radius 3 is 2.71 bits per heavy atom. The minimum atomic E-state index is -2.87. The van der Waals surface area contributed by atoms with E-state index in [1.807, 2.05) is 0 Å². The Labute approximate surface area is 98.8 Å². The first-order valence-corrected chi connectivity index (χ1v) is 5.19. The Morgan fingerprint density at radius 1 is 1.35 bits per heavy atom. The van der Waals surface area contributed by atoms with Gasteiger partial charge in [0.1, 0.15) is 0 Å². The van der Waals surface area contributed by atoms with Crippen LogP contribution in [0.5, 0.6) is 11.5 Å². The first-order chi connectivity index (χ1) is 8.17. The first kappa shape index (κ1) is 13.4. The highest BCUT2D eigenvalue weighted by Gasteiger charge is 2.11. The summed E-state index contributed by atoms with van der Waals surface area (Å²) < 4.78 is 34.0. The fourth-order valence-corrected chi connectivity index (χ4v) is 1.24. The van der Waals surface area contributed by atoms with Crippen molar-refractivity contribution in [2.45, 2.75) is 19.6 Å². The number of nitrogens with two attached hydrogens (primary N) is 1. The Hall–Kier alpha value is -1.62. The molecule has 0 aliphatic rings. The van der Waals surface area contributed by atoms with Gasteiger partial charge in [0.25, 0.3) is 0 Å². The van der Waals surface area contributed by atoms with E-state index in [0.29, 0.717) is 19.6 Å². The van der Waals surface area contributed by atoms with Gasteiger partial charge in [-0.2, -0.15) is 8.78 Å². The molecule has 0 amide bonds. The van der Waals surface area contributed by atoms with E-state index in [9.17, 15) is 8.78 Å². The van der Waals surface area contributed by atoms with Gasteiger partial charge in [0.2, 0.25) is 0 Å². The largest absolute Gasteiger partial charge is 0.489 e. The Balaban J connectivity index is 2.82. The van der Waals surface area contributed by atoms with Gasteiger partial charge in [-0.1, -0.05) is 12.1 Å². The van der Waals surface area contributed by atoms with Gasteiger partial charge in [-0.15, -0.1) is 6.58 Å². The molecule has 0 radical (unpaired) electrons. The second kappa shape index (κ2) is 6.85. The zero-order valence-electron chi connectivity index (χ0n) is 9.36. The van der Waals surface area contributed by atoms with Gasteiger partial charge in [0.15, 0.2) is 11.5 Å². The van der Waals surface area contributed by atoms with Gasteiger partial charge >= 0.3 is 6.61 Å². The Morgan fingerprint density at radius 2 is 2.12 bits per heavy atom. The van der Waals surface area contributed by atoms with E-state index in [-0.39, 0.29) is 11.5 Å². The van der Waals surface area contributed by atoms with Crippen molar-refractivity contribution >= 4 is 0 Å². The van der Waals surface area contributed by atoms with E-state index < -0.39 is 6.61 Å². The normalized spacial score (nSPS) is 10.4. The number of halogens is 2. The van der Waals surface area contributed by atoms with Crippen molar-refractivity contribution in [2.75, 3.05) is 6.61 Å². The lowest BCUT2D eigenvalue weighted by molar-refractivity contribution is -0.0514. The molecular formula is C12H15F2NO2. The molecule has 0 fully saturated rings. The number of alkyl halides is 2. The predicted molar refractivity (Wildman–Crippen MR) is 61.3 cm³/mol. The van der Waals surface area contributed by atoms with Crippen molar-refractivity contribution in [3.63, 3.8) is 0 Å². The van der Waals surface area contributed by atoms with Crippen molar-refractivity contribution in [3.8, 4) is 11.5 Å². The number of hydrogen-bond acceptors (Lipinski definition) is 3. The molecule has 2 N–H and O–H groups in total. The SMILES string of the molecule is C=CCCOc1cc(CN)ccc1OC(F)F. The van der Waals surface area contributed by atoms with Crippen LogP contribution in [0.2, 0.25) is 0 Å². The number of ether oxygens (including phenoxy) is 2. The number of benzene rings is 1. The van der Waals surface area contributed by atoms with E-state index >= 15 is 0 Å². The molecule has 0 bridgehead atoms. The van der Waals surface area contributed by atoms with Crippen molar-refractivity contribution in [1.82, 2.24) is 0 Å². The minimum Gasteiger partial charge on any atom is -0.489 e. The van der Waals surface area contributed by atoms with Gasteiger partial charge in [0.05, 0.1) is 6.61 Å². The summed E-state index contributed by atoms with van der Waals surface area (Å²) in [6.45, 7) is 1.34. The molecule has 1 rings (SSSR count). The molecule has 0 aliphatic heterocycles. The molecule has 17 heavy (non-hydrogen) atoms. The molecule has 1 aromatic rings. The maximum absolute atomic E-state index is 12.2. The third-order valence-corrected chi connectivity index (χ3v) is 2.04. The fourth-order valence-electron chi connectivity index (χ4n) is 1.24. The number of hydrogen-bond donors (Lipinski definition) is 1. The van der Waals surface area contributed by atoms with Crippen LogP contribution in [0.15, 0.2) is 30.9 Å². The van der Waals surface area contributed by atoms with Crippen LogP contribution in [0, 0.1) is 0 Å². The summed E-state index contributed by atoms with van der Waals surface area (Å²) in [5.74, 6) is 0.288. The van der Waals surface area contributed by atoms with Crippen molar-refractivity contribution in [1.29, 1.82) is 0 Å². The summed E-state index contributed by atoms with van der Waals surface area (Å²) in [4.78, 5) is 0. The zero-order chi connectivity index (χ0) is 12.7. The van der Waals surface area contributed by atoms with E-state index in [1.54, 1.807) is 18.2 Å². The first-order valence-electron chi connectivity index (χ1n) is 5.19. The second-order valence-electron chi connectivity index (χ2n) is 3.29. The molecule has 0 aliphatic carbocycles. The lowest BCUT2D eigenvalue weighted by atomic mass is 10.2. The van der Waals surface area contributed by atoms with Crippen molar-refractivity contribution in [2.24, 2.45) is 5.73 Å². The number of rotatable bonds is 7. The zero-order valence-corrected chi connectivity index (χ0v) is 9.36. The van der Waals surface area contributed by atoms with Gasteiger partial charge in [-0.05, 0) is 24.1 Å². The van der Waals surface area contributed by atoms with E-state index in [1.165, 1.54) is 6.07 Å². The molecule has 0 saturated carbocycles. The topological polar surface area (TPSA) is 44.5 Å². The van der Waals surface area contributed by atoms with Crippen LogP contribution in [0.25, 0.3) is 0 Å². The highest BCUT2D eigenvalue weighted by molar-refractivity contribution is 5.43. The highest BCUT2D eigenvalue weighted by atomic mass is 19.3. The highest BCUT2D eigenvalue weighted by Crippen LogP contribution is 2.29. The van der Waals surface area contributed by atoms with Crippen LogP contribution in [0.1, 0.15) is 12.0 Å². The van der Waals surface area contributed by atoms with Crippen molar-refractivity contribution in [3.05, 3.63) is 36.4 Å². The van der Waals surface area contributed by atoms with E-state index in [2.05, 4.69) is 11.3 Å². The standard InChI is InChI=1S/C12H15F2NO2/c1-2-3-6-16-11-7-9(8-15)4-5-10(11)17-12(13)14/h2,4-5,7,12H,1,3,6,8,15H2. The molecule has 0 heterocycles. The van der Waals surface area contributed by atoms with Gasteiger partial charge in [-0.25, -0.2) is 0 Å². The van der Waals surface area contributed by atoms with Gasteiger partial charge in [0, 0.05) is 6.54 Å². The molecule has 5 heteroatoms. The van der Waals surface area contributed by atoms with Crippen LogP contribution >= 0.6 is 0 Å². The average Bonchev–Trinajstić information content (AvgIpc) is 2.30. The smallest absolute Gasteiger partial charge is 0.387 e. The Kier molecular flexibility index (Phi) is 5.42. The molecule has 0 spiro atoms. The van der Waals surface area contributed by atoms with E-state index in [4.69, 9.17) is 10.5 Å². The Bertz CT molecular complexity index is 370. The van der Waals surface area contributed by atoms with Gasteiger partial charge in [-0.3, -0.25) is 0 Å². The summed E-state index contributed by atoms with van der Waals surface area (Å²) in [5.41, 5.74) is 6.26. The lowest BCUT2D eigenvalue weighted by Gasteiger charge is -2.12. The van der Waals surface area contributed by atoms with E-state index in [0.717, 1.165) is 5.56 Å². The summed E-state index contributed by atoms with van der Waals surface area (Å²) in [5, 5.41) is 0. The molecule has 1 aromatic carbocycles. The van der Waals surface area contributed by atoms with Gasteiger partial charge < -0.3 is 15.2 Å². The third kappa shape index (κ3) is 4.40. The summed E-state index contributed by atoms with van der Waals surface area (Å²) in [6, 6.07) is 4.65. The average molecular weight is 243 g/mol.